The molecular weight excluding hydrogens is 290 g/mol. The molecule has 3 N–H and O–H groups in total. The zero-order chi connectivity index (χ0) is 16.7. The molecule has 0 spiro atoms. The minimum absolute atomic E-state index is 0.0377. The van der Waals surface area contributed by atoms with Crippen molar-refractivity contribution in [1.82, 2.24) is 10.2 Å². The minimum Gasteiger partial charge on any atom is -0.347 e. The van der Waals surface area contributed by atoms with Gasteiger partial charge in [0.1, 0.15) is 0 Å². The van der Waals surface area contributed by atoms with Gasteiger partial charge in [-0.15, -0.1) is 0 Å². The first-order chi connectivity index (χ1) is 11.1. The Balaban J connectivity index is 1.81. The van der Waals surface area contributed by atoms with Crippen LogP contribution in [-0.4, -0.2) is 35.8 Å². The van der Waals surface area contributed by atoms with Crippen LogP contribution in [0.4, 0.5) is 0 Å². The SMILES string of the molecule is CCN(Cc1ccccc1)C(=O)CNC(=O)C1CCCC(N)C1. The van der Waals surface area contributed by atoms with Crippen LogP contribution in [-0.2, 0) is 16.1 Å². The highest BCUT2D eigenvalue weighted by Crippen LogP contribution is 2.23. The molecule has 0 saturated heterocycles. The van der Waals surface area contributed by atoms with Gasteiger partial charge in [-0.3, -0.25) is 9.59 Å². The van der Waals surface area contributed by atoms with E-state index in [0.717, 1.165) is 31.2 Å². The smallest absolute Gasteiger partial charge is 0.242 e. The largest absolute Gasteiger partial charge is 0.347 e. The van der Waals surface area contributed by atoms with Crippen LogP contribution >= 0.6 is 0 Å². The normalized spacial score (nSPS) is 20.8. The summed E-state index contributed by atoms with van der Waals surface area (Å²) in [5, 5.41) is 2.79. The summed E-state index contributed by atoms with van der Waals surface area (Å²) in [5.41, 5.74) is 7.01. The Hall–Kier alpha value is -1.88. The molecule has 2 atom stereocenters. The summed E-state index contributed by atoms with van der Waals surface area (Å²) in [7, 11) is 0. The third kappa shape index (κ3) is 5.36. The molecule has 0 aromatic heterocycles. The average molecular weight is 317 g/mol. The number of amides is 2. The molecule has 1 saturated carbocycles. The van der Waals surface area contributed by atoms with Crippen LogP contribution in [0, 0.1) is 5.92 Å². The molecule has 2 rings (SSSR count). The van der Waals surface area contributed by atoms with Crippen molar-refractivity contribution >= 4 is 11.8 Å². The summed E-state index contributed by atoms with van der Waals surface area (Å²) in [6.07, 6.45) is 3.57. The molecule has 1 aliphatic rings. The van der Waals surface area contributed by atoms with E-state index in [0.29, 0.717) is 13.1 Å². The molecule has 0 bridgehead atoms. The summed E-state index contributed by atoms with van der Waals surface area (Å²) < 4.78 is 0. The quantitative estimate of drug-likeness (QED) is 0.838. The van der Waals surface area contributed by atoms with Gasteiger partial charge in [-0.25, -0.2) is 0 Å². The van der Waals surface area contributed by atoms with E-state index in [9.17, 15) is 9.59 Å². The van der Waals surface area contributed by atoms with E-state index in [4.69, 9.17) is 5.73 Å². The van der Waals surface area contributed by atoms with Crippen molar-refractivity contribution in [3.05, 3.63) is 35.9 Å². The fourth-order valence-corrected chi connectivity index (χ4v) is 3.06. The van der Waals surface area contributed by atoms with E-state index >= 15 is 0 Å². The molecule has 2 amide bonds. The summed E-state index contributed by atoms with van der Waals surface area (Å²) >= 11 is 0. The summed E-state index contributed by atoms with van der Waals surface area (Å²) in [6.45, 7) is 3.20. The highest BCUT2D eigenvalue weighted by molar-refractivity contribution is 5.85. The second-order valence-electron chi connectivity index (χ2n) is 6.23. The molecule has 1 fully saturated rings. The van der Waals surface area contributed by atoms with Crippen LogP contribution < -0.4 is 11.1 Å². The van der Waals surface area contributed by atoms with Crippen molar-refractivity contribution in [3.63, 3.8) is 0 Å². The lowest BCUT2D eigenvalue weighted by atomic mass is 9.85. The second-order valence-corrected chi connectivity index (χ2v) is 6.23. The zero-order valence-electron chi connectivity index (χ0n) is 13.8. The summed E-state index contributed by atoms with van der Waals surface area (Å²) in [4.78, 5) is 26.2. The Kier molecular flexibility index (Phi) is 6.59. The number of hydrogen-bond acceptors (Lipinski definition) is 3. The maximum Gasteiger partial charge on any atom is 0.242 e. The number of nitrogens with zero attached hydrogens (tertiary/aromatic N) is 1. The zero-order valence-corrected chi connectivity index (χ0v) is 13.8. The van der Waals surface area contributed by atoms with Gasteiger partial charge in [0.2, 0.25) is 11.8 Å². The van der Waals surface area contributed by atoms with Crippen molar-refractivity contribution in [2.45, 2.75) is 45.2 Å². The molecule has 0 aliphatic heterocycles. The third-order valence-electron chi connectivity index (χ3n) is 4.45. The highest BCUT2D eigenvalue weighted by atomic mass is 16.2. The van der Waals surface area contributed by atoms with Crippen molar-refractivity contribution in [3.8, 4) is 0 Å². The minimum atomic E-state index is -0.0511. The molecule has 1 aromatic carbocycles. The standard InChI is InChI=1S/C18H27N3O2/c1-2-21(13-14-7-4-3-5-8-14)17(22)12-20-18(23)15-9-6-10-16(19)11-15/h3-5,7-8,15-16H,2,6,9-13,19H2,1H3,(H,20,23). The first kappa shape index (κ1) is 17.5. The molecule has 5 heteroatoms. The Morgan fingerprint density at radius 3 is 2.65 bits per heavy atom. The van der Waals surface area contributed by atoms with Crippen LogP contribution in [0.2, 0.25) is 0 Å². The predicted octanol–water partition coefficient (Wildman–Crippen LogP) is 1.67. The van der Waals surface area contributed by atoms with E-state index in [1.165, 1.54) is 0 Å². The lowest BCUT2D eigenvalue weighted by Gasteiger charge is -2.26. The van der Waals surface area contributed by atoms with Gasteiger partial charge in [0.15, 0.2) is 0 Å². The van der Waals surface area contributed by atoms with Crippen molar-refractivity contribution in [2.75, 3.05) is 13.1 Å². The lowest BCUT2D eigenvalue weighted by molar-refractivity contribution is -0.134. The van der Waals surface area contributed by atoms with Gasteiger partial charge in [0.05, 0.1) is 6.54 Å². The monoisotopic (exact) mass is 317 g/mol. The van der Waals surface area contributed by atoms with E-state index < -0.39 is 0 Å². The van der Waals surface area contributed by atoms with Crippen molar-refractivity contribution in [1.29, 1.82) is 0 Å². The van der Waals surface area contributed by atoms with Crippen LogP contribution in [0.5, 0.6) is 0 Å². The molecule has 2 unspecified atom stereocenters. The lowest BCUT2D eigenvalue weighted by Crippen LogP contribution is -2.43. The van der Waals surface area contributed by atoms with Gasteiger partial charge in [-0.1, -0.05) is 36.8 Å². The predicted molar refractivity (Wildman–Crippen MR) is 90.5 cm³/mol. The fourth-order valence-electron chi connectivity index (χ4n) is 3.06. The maximum atomic E-state index is 12.3. The topological polar surface area (TPSA) is 75.4 Å². The number of nitrogens with one attached hydrogen (secondary N) is 1. The van der Waals surface area contributed by atoms with Gasteiger partial charge in [-0.05, 0) is 31.7 Å². The van der Waals surface area contributed by atoms with Crippen molar-refractivity contribution < 1.29 is 9.59 Å². The number of likely N-dealkylation sites (N-methyl/N-ethyl adjacent to an activating group) is 1. The molecule has 23 heavy (non-hydrogen) atoms. The Labute approximate surface area is 138 Å². The number of rotatable bonds is 6. The van der Waals surface area contributed by atoms with Crippen LogP contribution in [0.25, 0.3) is 0 Å². The Morgan fingerprint density at radius 2 is 2.00 bits per heavy atom. The number of carbonyl (C=O) groups is 2. The molecule has 0 radical (unpaired) electrons. The van der Waals surface area contributed by atoms with E-state index in [-0.39, 0.29) is 30.3 Å². The first-order valence-electron chi connectivity index (χ1n) is 8.45. The Bertz CT molecular complexity index is 518. The van der Waals surface area contributed by atoms with Gasteiger partial charge in [0.25, 0.3) is 0 Å². The van der Waals surface area contributed by atoms with Gasteiger partial charge >= 0.3 is 0 Å². The van der Waals surface area contributed by atoms with Gasteiger partial charge in [0, 0.05) is 25.0 Å². The first-order valence-corrected chi connectivity index (χ1v) is 8.45. The molecule has 1 aromatic rings. The molecule has 1 aliphatic carbocycles. The second kappa shape index (κ2) is 8.67. The Morgan fingerprint density at radius 1 is 1.26 bits per heavy atom. The highest BCUT2D eigenvalue weighted by Gasteiger charge is 2.25. The van der Waals surface area contributed by atoms with Gasteiger partial charge in [-0.2, -0.15) is 0 Å². The molecule has 0 heterocycles. The summed E-state index contributed by atoms with van der Waals surface area (Å²) in [6, 6.07) is 9.98. The number of nitrogens with two attached hydrogens (primary N) is 1. The molecule has 126 valence electrons. The number of carbonyl (C=O) groups excluding carboxylic acids is 2. The maximum absolute atomic E-state index is 12.3. The molecular formula is C18H27N3O2. The van der Waals surface area contributed by atoms with Crippen molar-refractivity contribution in [2.24, 2.45) is 11.7 Å². The molecule has 5 nitrogen and oxygen atoms in total. The summed E-state index contributed by atoms with van der Waals surface area (Å²) in [5.74, 6) is -0.134. The van der Waals surface area contributed by atoms with E-state index in [1.54, 1.807) is 4.90 Å². The number of hydrogen-bond donors (Lipinski definition) is 2. The van der Waals surface area contributed by atoms with E-state index in [1.807, 2.05) is 37.3 Å². The van der Waals surface area contributed by atoms with Crippen LogP contribution in [0.3, 0.4) is 0 Å². The third-order valence-corrected chi connectivity index (χ3v) is 4.45. The fraction of sp³-hybridized carbons (Fsp3) is 0.556. The van der Waals surface area contributed by atoms with Crippen LogP contribution in [0.1, 0.15) is 38.2 Å². The number of benzene rings is 1. The van der Waals surface area contributed by atoms with Crippen LogP contribution in [0.15, 0.2) is 30.3 Å². The van der Waals surface area contributed by atoms with Gasteiger partial charge < -0.3 is 16.0 Å². The van der Waals surface area contributed by atoms with E-state index in [2.05, 4.69) is 5.32 Å². The average Bonchev–Trinajstić information content (AvgIpc) is 2.58.